The first-order valence-corrected chi connectivity index (χ1v) is 6.58. The van der Waals surface area contributed by atoms with E-state index in [4.69, 9.17) is 4.74 Å². The molecule has 0 fully saturated rings. The number of ether oxygens (including phenoxy) is 1. The number of nitrogens with one attached hydrogen (secondary N) is 1. The molecule has 1 aromatic carbocycles. The molecule has 0 spiro atoms. The Bertz CT molecular complexity index is 545. The standard InChI is InChI=1S/C15H20N4O/c1-16-14-13(20-3)15(18-11-17-14)19(2)10-9-12-7-5-4-6-8-12/h4-8,11H,9-10H2,1-3H3,(H,16,17,18). The Hall–Kier alpha value is -2.30. The molecule has 1 heterocycles. The second-order valence-electron chi connectivity index (χ2n) is 4.49. The first kappa shape index (κ1) is 14.1. The largest absolute Gasteiger partial charge is 0.490 e. The van der Waals surface area contributed by atoms with Crippen molar-refractivity contribution in [2.75, 3.05) is 38.0 Å². The molecule has 0 aliphatic heterocycles. The van der Waals surface area contributed by atoms with Crippen LogP contribution in [-0.4, -0.2) is 37.7 Å². The number of anilines is 2. The van der Waals surface area contributed by atoms with Crippen LogP contribution in [0.4, 0.5) is 11.6 Å². The molecular formula is C15H20N4O. The van der Waals surface area contributed by atoms with Gasteiger partial charge in [0.05, 0.1) is 7.11 Å². The van der Waals surface area contributed by atoms with Crippen LogP contribution in [0.25, 0.3) is 0 Å². The fourth-order valence-electron chi connectivity index (χ4n) is 2.05. The Morgan fingerprint density at radius 2 is 1.95 bits per heavy atom. The predicted octanol–water partition coefficient (Wildman–Crippen LogP) is 2.21. The number of benzene rings is 1. The quantitative estimate of drug-likeness (QED) is 0.873. The average Bonchev–Trinajstić information content (AvgIpc) is 2.52. The zero-order chi connectivity index (χ0) is 14.4. The summed E-state index contributed by atoms with van der Waals surface area (Å²) >= 11 is 0. The molecule has 0 aliphatic rings. The number of nitrogens with zero attached hydrogens (tertiary/aromatic N) is 3. The number of methoxy groups -OCH3 is 1. The highest BCUT2D eigenvalue weighted by Gasteiger charge is 2.14. The molecule has 1 N–H and O–H groups in total. The monoisotopic (exact) mass is 272 g/mol. The molecule has 2 aromatic rings. The summed E-state index contributed by atoms with van der Waals surface area (Å²) in [5.41, 5.74) is 1.31. The maximum Gasteiger partial charge on any atom is 0.204 e. The van der Waals surface area contributed by atoms with Gasteiger partial charge in [-0.05, 0) is 12.0 Å². The van der Waals surface area contributed by atoms with Gasteiger partial charge in [0, 0.05) is 20.6 Å². The SMILES string of the molecule is CNc1ncnc(N(C)CCc2ccccc2)c1OC. The molecule has 1 aromatic heterocycles. The summed E-state index contributed by atoms with van der Waals surface area (Å²) in [7, 11) is 5.46. The Balaban J connectivity index is 2.11. The fraction of sp³-hybridized carbons (Fsp3) is 0.333. The van der Waals surface area contributed by atoms with Crippen LogP contribution in [0.1, 0.15) is 5.56 Å². The lowest BCUT2D eigenvalue weighted by Crippen LogP contribution is -2.22. The van der Waals surface area contributed by atoms with E-state index < -0.39 is 0 Å². The average molecular weight is 272 g/mol. The molecule has 106 valence electrons. The van der Waals surface area contributed by atoms with Gasteiger partial charge in [0.25, 0.3) is 0 Å². The van der Waals surface area contributed by atoms with Crippen LogP contribution in [0, 0.1) is 0 Å². The van der Waals surface area contributed by atoms with Crippen LogP contribution in [0.5, 0.6) is 5.75 Å². The first-order valence-electron chi connectivity index (χ1n) is 6.58. The van der Waals surface area contributed by atoms with Gasteiger partial charge in [-0.3, -0.25) is 0 Å². The Morgan fingerprint density at radius 3 is 2.60 bits per heavy atom. The van der Waals surface area contributed by atoms with Gasteiger partial charge in [-0.2, -0.15) is 0 Å². The number of likely N-dealkylation sites (N-methyl/N-ethyl adjacent to an activating group) is 1. The van der Waals surface area contributed by atoms with Crippen molar-refractivity contribution in [3.8, 4) is 5.75 Å². The van der Waals surface area contributed by atoms with Crippen molar-refractivity contribution in [1.82, 2.24) is 9.97 Å². The predicted molar refractivity (Wildman–Crippen MR) is 81.5 cm³/mol. The van der Waals surface area contributed by atoms with Gasteiger partial charge in [-0.15, -0.1) is 0 Å². The van der Waals surface area contributed by atoms with E-state index in [9.17, 15) is 0 Å². The summed E-state index contributed by atoms with van der Waals surface area (Å²) < 4.78 is 5.41. The molecule has 20 heavy (non-hydrogen) atoms. The summed E-state index contributed by atoms with van der Waals surface area (Å²) in [6.07, 6.45) is 2.50. The van der Waals surface area contributed by atoms with Crippen LogP contribution >= 0.6 is 0 Å². The fourth-order valence-corrected chi connectivity index (χ4v) is 2.05. The van der Waals surface area contributed by atoms with E-state index in [-0.39, 0.29) is 0 Å². The highest BCUT2D eigenvalue weighted by Crippen LogP contribution is 2.30. The van der Waals surface area contributed by atoms with Crippen molar-refractivity contribution in [2.45, 2.75) is 6.42 Å². The normalized spacial score (nSPS) is 10.2. The molecule has 0 unspecified atom stereocenters. The molecule has 5 nitrogen and oxygen atoms in total. The van der Waals surface area contributed by atoms with Crippen molar-refractivity contribution in [3.63, 3.8) is 0 Å². The second-order valence-corrected chi connectivity index (χ2v) is 4.49. The van der Waals surface area contributed by atoms with Gasteiger partial charge in [-0.25, -0.2) is 9.97 Å². The van der Waals surface area contributed by atoms with Crippen LogP contribution in [-0.2, 0) is 6.42 Å². The van der Waals surface area contributed by atoms with Crippen LogP contribution in [0.2, 0.25) is 0 Å². The third-order valence-corrected chi connectivity index (χ3v) is 3.17. The Labute approximate surface area is 119 Å². The van der Waals surface area contributed by atoms with Crippen LogP contribution in [0.15, 0.2) is 36.7 Å². The molecule has 0 saturated heterocycles. The zero-order valence-corrected chi connectivity index (χ0v) is 12.1. The number of hydrogen-bond donors (Lipinski definition) is 1. The molecule has 0 radical (unpaired) electrons. The minimum atomic E-state index is 0.672. The van der Waals surface area contributed by atoms with E-state index in [1.807, 2.05) is 20.2 Å². The number of hydrogen-bond acceptors (Lipinski definition) is 5. The van der Waals surface area contributed by atoms with Gasteiger partial charge in [0.1, 0.15) is 6.33 Å². The van der Waals surface area contributed by atoms with Gasteiger partial charge in [0.2, 0.25) is 5.75 Å². The van der Waals surface area contributed by atoms with Crippen LogP contribution in [0.3, 0.4) is 0 Å². The molecular weight excluding hydrogens is 252 g/mol. The minimum Gasteiger partial charge on any atom is -0.490 e. The summed E-state index contributed by atoms with van der Waals surface area (Å²) in [6.45, 7) is 0.862. The molecule has 5 heteroatoms. The second kappa shape index (κ2) is 6.75. The molecule has 0 aliphatic carbocycles. The third-order valence-electron chi connectivity index (χ3n) is 3.17. The Morgan fingerprint density at radius 1 is 1.20 bits per heavy atom. The summed E-state index contributed by atoms with van der Waals surface area (Å²) in [6, 6.07) is 10.4. The topological polar surface area (TPSA) is 50.3 Å². The molecule has 0 bridgehead atoms. The maximum absolute atomic E-state index is 5.41. The Kier molecular flexibility index (Phi) is 4.76. The highest BCUT2D eigenvalue weighted by molar-refractivity contribution is 5.64. The highest BCUT2D eigenvalue weighted by atomic mass is 16.5. The summed E-state index contributed by atoms with van der Waals surface area (Å²) in [4.78, 5) is 10.6. The molecule has 0 saturated carbocycles. The summed E-state index contributed by atoms with van der Waals surface area (Å²) in [5, 5.41) is 3.01. The van der Waals surface area contributed by atoms with E-state index in [0.717, 1.165) is 18.8 Å². The van der Waals surface area contributed by atoms with E-state index in [2.05, 4.69) is 44.5 Å². The first-order chi connectivity index (χ1) is 9.76. The molecule has 0 amide bonds. The lowest BCUT2D eigenvalue weighted by molar-refractivity contribution is 0.413. The van der Waals surface area contributed by atoms with Crippen molar-refractivity contribution >= 4 is 11.6 Å². The third kappa shape index (κ3) is 3.17. The number of rotatable bonds is 6. The van der Waals surface area contributed by atoms with E-state index in [1.54, 1.807) is 13.4 Å². The molecule has 2 rings (SSSR count). The van der Waals surface area contributed by atoms with Crippen LogP contribution < -0.4 is 15.0 Å². The summed E-state index contributed by atoms with van der Waals surface area (Å²) in [5.74, 6) is 2.16. The number of aromatic nitrogens is 2. The van der Waals surface area contributed by atoms with Crippen molar-refractivity contribution < 1.29 is 4.74 Å². The van der Waals surface area contributed by atoms with Crippen molar-refractivity contribution in [1.29, 1.82) is 0 Å². The van der Waals surface area contributed by atoms with Crippen molar-refractivity contribution in [2.24, 2.45) is 0 Å². The zero-order valence-electron chi connectivity index (χ0n) is 12.1. The minimum absolute atomic E-state index is 0.672. The molecule has 0 atom stereocenters. The van der Waals surface area contributed by atoms with E-state index >= 15 is 0 Å². The van der Waals surface area contributed by atoms with Gasteiger partial charge >= 0.3 is 0 Å². The van der Waals surface area contributed by atoms with Gasteiger partial charge in [-0.1, -0.05) is 30.3 Å². The lowest BCUT2D eigenvalue weighted by Gasteiger charge is -2.21. The smallest absolute Gasteiger partial charge is 0.204 e. The van der Waals surface area contributed by atoms with E-state index in [0.29, 0.717) is 11.6 Å². The maximum atomic E-state index is 5.41. The lowest BCUT2D eigenvalue weighted by atomic mass is 10.1. The van der Waals surface area contributed by atoms with E-state index in [1.165, 1.54) is 5.56 Å². The van der Waals surface area contributed by atoms with Crippen molar-refractivity contribution in [3.05, 3.63) is 42.2 Å². The van der Waals surface area contributed by atoms with Gasteiger partial charge < -0.3 is 15.0 Å². The van der Waals surface area contributed by atoms with Gasteiger partial charge in [0.15, 0.2) is 11.6 Å².